The molecule has 222 valence electrons. The van der Waals surface area contributed by atoms with Crippen LogP contribution in [0.1, 0.15) is 45.2 Å². The second-order valence-corrected chi connectivity index (χ2v) is 12.1. The first-order chi connectivity index (χ1) is 20.0. The third-order valence-electron chi connectivity index (χ3n) is 6.81. The number of aryl methyl sites for hydroxylation is 3. The minimum atomic E-state index is -4.38. The van der Waals surface area contributed by atoms with Crippen LogP contribution in [0.4, 0.5) is 13.2 Å². The second-order valence-electron chi connectivity index (χ2n) is 9.89. The average molecular weight is 615 g/mol. The predicted molar refractivity (Wildman–Crippen MR) is 163 cm³/mol. The number of thiophene rings is 1. The number of alkyl halides is 3. The maximum Gasteiger partial charge on any atom is 0.416 e. The molecule has 0 radical (unpaired) electrons. The molecule has 3 aromatic carbocycles. The van der Waals surface area contributed by atoms with E-state index in [0.29, 0.717) is 24.7 Å². The van der Waals surface area contributed by atoms with Gasteiger partial charge in [-0.25, -0.2) is 4.79 Å². The molecule has 4 aromatic rings. The first-order valence-corrected chi connectivity index (χ1v) is 15.3. The smallest absolute Gasteiger partial charge is 0.416 e. The first kappa shape index (κ1) is 31.5. The van der Waals surface area contributed by atoms with Crippen LogP contribution in [0.5, 0.6) is 11.5 Å². The van der Waals surface area contributed by atoms with E-state index in [4.69, 9.17) is 14.2 Å². The molecule has 4 nitrogen and oxygen atoms in total. The summed E-state index contributed by atoms with van der Waals surface area (Å²) in [6.07, 6.45) is -4.38. The van der Waals surface area contributed by atoms with Crippen LogP contribution in [0.25, 0.3) is 10.4 Å². The highest BCUT2D eigenvalue weighted by Crippen LogP contribution is 2.39. The van der Waals surface area contributed by atoms with Gasteiger partial charge in [0.25, 0.3) is 0 Å². The van der Waals surface area contributed by atoms with Crippen LogP contribution in [0.3, 0.4) is 0 Å². The molecule has 1 aromatic heterocycles. The van der Waals surface area contributed by atoms with E-state index in [1.165, 1.54) is 12.1 Å². The molecule has 0 aliphatic carbocycles. The standard InChI is InChI=1S/C33H33F3O4S2/c1-6-38-31(37)18-39-28-14-13-27(15-22(28)4)41-19-30-25(17-40-32-21(3)8-7-20(2)23(32)5)16-29(42-30)24-9-11-26(12-10-24)33(34,35)36/h7-16H,6,17-19H2,1-5H3. The number of carbonyl (C=O) groups is 1. The number of hydrogen-bond donors (Lipinski definition) is 0. The van der Waals surface area contributed by atoms with E-state index in [2.05, 4.69) is 6.07 Å². The molecule has 0 bridgehead atoms. The van der Waals surface area contributed by atoms with Gasteiger partial charge >= 0.3 is 12.1 Å². The molecule has 1 heterocycles. The summed E-state index contributed by atoms with van der Waals surface area (Å²) < 4.78 is 56.2. The van der Waals surface area contributed by atoms with Crippen molar-refractivity contribution in [1.82, 2.24) is 0 Å². The molecule has 0 saturated heterocycles. The van der Waals surface area contributed by atoms with Crippen LogP contribution in [-0.4, -0.2) is 19.2 Å². The van der Waals surface area contributed by atoms with Crippen molar-refractivity contribution in [3.05, 3.63) is 98.9 Å². The Morgan fingerprint density at radius 3 is 2.26 bits per heavy atom. The zero-order valence-electron chi connectivity index (χ0n) is 24.2. The molecule has 0 fully saturated rings. The summed E-state index contributed by atoms with van der Waals surface area (Å²) in [6.45, 7) is 10.3. The summed E-state index contributed by atoms with van der Waals surface area (Å²) >= 11 is 3.20. The average Bonchev–Trinajstić information content (AvgIpc) is 3.36. The number of esters is 1. The van der Waals surface area contributed by atoms with Crippen molar-refractivity contribution in [3.8, 4) is 21.9 Å². The molecular weight excluding hydrogens is 581 g/mol. The van der Waals surface area contributed by atoms with E-state index in [-0.39, 0.29) is 6.61 Å². The maximum absolute atomic E-state index is 13.1. The summed E-state index contributed by atoms with van der Waals surface area (Å²) in [4.78, 5) is 14.6. The van der Waals surface area contributed by atoms with Gasteiger partial charge in [-0.3, -0.25) is 0 Å². The molecule has 0 amide bonds. The van der Waals surface area contributed by atoms with Crippen molar-refractivity contribution in [3.63, 3.8) is 0 Å². The molecular formula is C33H33F3O4S2. The Balaban J connectivity index is 1.55. The van der Waals surface area contributed by atoms with Crippen molar-refractivity contribution in [2.75, 3.05) is 13.2 Å². The molecule has 0 atom stereocenters. The van der Waals surface area contributed by atoms with Crippen LogP contribution < -0.4 is 9.47 Å². The highest BCUT2D eigenvalue weighted by molar-refractivity contribution is 7.98. The van der Waals surface area contributed by atoms with E-state index >= 15 is 0 Å². The lowest BCUT2D eigenvalue weighted by Gasteiger charge is -2.14. The molecule has 0 saturated carbocycles. The number of carbonyl (C=O) groups excluding carboxylic acids is 1. The SMILES string of the molecule is CCOC(=O)COc1ccc(SCc2sc(-c3ccc(C(F)(F)F)cc3)cc2COc2c(C)ccc(C)c2C)cc1C. The molecule has 0 spiro atoms. The Bertz CT molecular complexity index is 1540. The van der Waals surface area contributed by atoms with Gasteiger partial charge in [-0.2, -0.15) is 13.2 Å². The highest BCUT2D eigenvalue weighted by Gasteiger charge is 2.30. The van der Waals surface area contributed by atoms with Gasteiger partial charge in [0.15, 0.2) is 6.61 Å². The van der Waals surface area contributed by atoms with Gasteiger partial charge in [0.1, 0.15) is 18.1 Å². The van der Waals surface area contributed by atoms with Gasteiger partial charge in [0, 0.05) is 26.0 Å². The second kappa shape index (κ2) is 13.7. The van der Waals surface area contributed by atoms with Crippen LogP contribution >= 0.6 is 23.1 Å². The minimum Gasteiger partial charge on any atom is -0.488 e. The monoisotopic (exact) mass is 614 g/mol. The summed E-state index contributed by atoms with van der Waals surface area (Å²) in [5, 5.41) is 0. The lowest BCUT2D eigenvalue weighted by molar-refractivity contribution is -0.145. The van der Waals surface area contributed by atoms with Gasteiger partial charge in [0.2, 0.25) is 0 Å². The third-order valence-corrected chi connectivity index (χ3v) is 9.24. The van der Waals surface area contributed by atoms with Crippen LogP contribution in [-0.2, 0) is 28.1 Å². The molecule has 42 heavy (non-hydrogen) atoms. The molecule has 0 unspecified atom stereocenters. The number of benzene rings is 3. The fourth-order valence-electron chi connectivity index (χ4n) is 4.34. The van der Waals surface area contributed by atoms with Crippen molar-refractivity contribution < 1.29 is 32.2 Å². The van der Waals surface area contributed by atoms with Crippen molar-refractivity contribution >= 4 is 29.1 Å². The summed E-state index contributed by atoms with van der Waals surface area (Å²) in [7, 11) is 0. The summed E-state index contributed by atoms with van der Waals surface area (Å²) in [6, 6.07) is 17.2. The summed E-state index contributed by atoms with van der Waals surface area (Å²) in [5.41, 5.74) is 5.23. The van der Waals surface area contributed by atoms with E-state index < -0.39 is 17.7 Å². The normalized spacial score (nSPS) is 11.4. The topological polar surface area (TPSA) is 44.8 Å². The van der Waals surface area contributed by atoms with Gasteiger partial charge in [-0.1, -0.05) is 24.3 Å². The molecule has 0 aliphatic heterocycles. The Kier molecular flexibility index (Phi) is 10.3. The maximum atomic E-state index is 13.1. The van der Waals surface area contributed by atoms with Crippen LogP contribution in [0, 0.1) is 27.7 Å². The van der Waals surface area contributed by atoms with Gasteiger partial charge < -0.3 is 14.2 Å². The number of thioether (sulfide) groups is 1. The highest BCUT2D eigenvalue weighted by atomic mass is 32.2. The Labute approximate surface area is 252 Å². The number of ether oxygens (including phenoxy) is 3. The largest absolute Gasteiger partial charge is 0.488 e. The fourth-order valence-corrected chi connectivity index (χ4v) is 6.63. The van der Waals surface area contributed by atoms with Crippen molar-refractivity contribution in [2.45, 2.75) is 58.1 Å². The fraction of sp³-hybridized carbons (Fsp3) is 0.303. The Morgan fingerprint density at radius 1 is 0.881 bits per heavy atom. The van der Waals surface area contributed by atoms with E-state index in [9.17, 15) is 18.0 Å². The van der Waals surface area contributed by atoms with Crippen molar-refractivity contribution in [1.29, 1.82) is 0 Å². The number of hydrogen-bond acceptors (Lipinski definition) is 6. The van der Waals surface area contributed by atoms with Gasteiger partial charge in [-0.05, 0) is 98.8 Å². The van der Waals surface area contributed by atoms with Crippen LogP contribution in [0.2, 0.25) is 0 Å². The van der Waals surface area contributed by atoms with Gasteiger partial charge in [-0.15, -0.1) is 23.1 Å². The molecule has 9 heteroatoms. The Hall–Kier alpha value is -3.43. The zero-order valence-corrected chi connectivity index (χ0v) is 25.8. The van der Waals surface area contributed by atoms with E-state index in [1.807, 2.05) is 58.0 Å². The predicted octanol–water partition coefficient (Wildman–Crippen LogP) is 9.48. The first-order valence-electron chi connectivity index (χ1n) is 13.5. The van der Waals surface area contributed by atoms with Crippen molar-refractivity contribution in [2.24, 2.45) is 0 Å². The van der Waals surface area contributed by atoms with Gasteiger partial charge in [0.05, 0.1) is 12.2 Å². The third kappa shape index (κ3) is 7.89. The lowest BCUT2D eigenvalue weighted by atomic mass is 10.1. The minimum absolute atomic E-state index is 0.146. The van der Waals surface area contributed by atoms with Crippen LogP contribution in [0.15, 0.2) is 65.6 Å². The number of halogens is 3. The van der Waals surface area contributed by atoms with E-state index in [1.54, 1.807) is 30.0 Å². The Morgan fingerprint density at radius 2 is 1.60 bits per heavy atom. The molecule has 0 aliphatic rings. The summed E-state index contributed by atoms with van der Waals surface area (Å²) in [5.74, 6) is 1.71. The van der Waals surface area contributed by atoms with E-state index in [0.717, 1.165) is 65.9 Å². The molecule has 0 N–H and O–H groups in total. The quantitative estimate of drug-likeness (QED) is 0.124. The zero-order chi connectivity index (χ0) is 30.4. The number of rotatable bonds is 11. The molecule has 4 rings (SSSR count). The lowest BCUT2D eigenvalue weighted by Crippen LogP contribution is -2.14.